The molecule has 1 N–H and O–H groups in total. The van der Waals surface area contributed by atoms with E-state index < -0.39 is 5.25 Å². The van der Waals surface area contributed by atoms with Crippen LogP contribution in [0.4, 0.5) is 10.1 Å². The lowest BCUT2D eigenvalue weighted by atomic mass is 9.98. The number of hydrogen-bond donors (Lipinski definition) is 1. The number of nitrogens with zero attached hydrogens (tertiary/aromatic N) is 3. The molecule has 2 atom stereocenters. The minimum absolute atomic E-state index is 0.0521. The van der Waals surface area contributed by atoms with E-state index in [4.69, 9.17) is 9.84 Å². The Morgan fingerprint density at radius 3 is 2.46 bits per heavy atom. The highest BCUT2D eigenvalue weighted by Crippen LogP contribution is 2.39. The first-order chi connectivity index (χ1) is 17.9. The highest BCUT2D eigenvalue weighted by molar-refractivity contribution is 8.15. The number of aliphatic imine (C=N–C) groups is 1. The van der Waals surface area contributed by atoms with Crippen molar-refractivity contribution in [1.82, 2.24) is 5.01 Å². The molecule has 0 radical (unpaired) electrons. The molecule has 0 saturated heterocycles. The Morgan fingerprint density at radius 1 is 1.08 bits per heavy atom. The summed E-state index contributed by atoms with van der Waals surface area (Å²) in [6.07, 6.45) is 0.586. The van der Waals surface area contributed by atoms with Crippen LogP contribution in [0.25, 0.3) is 0 Å². The molecule has 0 fully saturated rings. The summed E-state index contributed by atoms with van der Waals surface area (Å²) in [4.78, 5) is 29.6. The van der Waals surface area contributed by atoms with Crippen molar-refractivity contribution in [3.8, 4) is 5.75 Å². The summed E-state index contributed by atoms with van der Waals surface area (Å²) >= 11 is 1.24. The van der Waals surface area contributed by atoms with Gasteiger partial charge in [0.25, 0.3) is 5.91 Å². The molecular weight excluding hydrogens is 491 g/mol. The van der Waals surface area contributed by atoms with E-state index in [2.05, 4.69) is 10.3 Å². The molecule has 37 heavy (non-hydrogen) atoms. The van der Waals surface area contributed by atoms with Crippen LogP contribution in [-0.4, -0.2) is 40.1 Å². The molecule has 9 heteroatoms. The Balaban J connectivity index is 1.35. The summed E-state index contributed by atoms with van der Waals surface area (Å²) in [5.41, 5.74) is 4.55. The number of hydrogen-bond acceptors (Lipinski definition) is 6. The van der Waals surface area contributed by atoms with Crippen molar-refractivity contribution in [3.05, 3.63) is 95.3 Å². The van der Waals surface area contributed by atoms with Crippen molar-refractivity contribution >= 4 is 40.1 Å². The van der Waals surface area contributed by atoms with Crippen molar-refractivity contribution in [3.63, 3.8) is 0 Å². The van der Waals surface area contributed by atoms with Gasteiger partial charge < -0.3 is 10.1 Å². The average molecular weight is 517 g/mol. The van der Waals surface area contributed by atoms with E-state index in [1.165, 1.54) is 36.0 Å². The normalized spacial score (nSPS) is 19.0. The molecule has 7 nitrogen and oxygen atoms in total. The molecule has 0 aromatic heterocycles. The van der Waals surface area contributed by atoms with Crippen LogP contribution < -0.4 is 10.1 Å². The van der Waals surface area contributed by atoms with E-state index in [0.29, 0.717) is 17.3 Å². The van der Waals surface area contributed by atoms with Crippen LogP contribution in [0.3, 0.4) is 0 Å². The molecule has 0 bridgehead atoms. The van der Waals surface area contributed by atoms with Crippen molar-refractivity contribution in [1.29, 1.82) is 0 Å². The van der Waals surface area contributed by atoms with Gasteiger partial charge in [-0.25, -0.2) is 9.40 Å². The van der Waals surface area contributed by atoms with E-state index >= 15 is 0 Å². The quantitative estimate of drug-likeness (QED) is 0.480. The van der Waals surface area contributed by atoms with Crippen LogP contribution >= 0.6 is 11.8 Å². The lowest BCUT2D eigenvalue weighted by molar-refractivity contribution is -0.121. The Bertz CT molecular complexity index is 1370. The molecule has 2 aliphatic rings. The second-order valence-electron chi connectivity index (χ2n) is 8.85. The summed E-state index contributed by atoms with van der Waals surface area (Å²) in [5, 5.41) is 9.17. The maximum Gasteiger partial charge on any atom is 0.262 e. The number of anilines is 1. The number of amidine groups is 1. The van der Waals surface area contributed by atoms with Gasteiger partial charge in [-0.3, -0.25) is 9.59 Å². The molecule has 0 aliphatic carbocycles. The summed E-state index contributed by atoms with van der Waals surface area (Å²) in [6, 6.07) is 21.3. The van der Waals surface area contributed by atoms with E-state index in [1.54, 1.807) is 12.1 Å². The standard InChI is InChI=1S/C28H25FN4O3S/c1-17-3-5-18(6-4-17)23-15-24(19-7-13-22(36-2)14-8-19)33(32-23)28-31-27(35)25(37-28)16-26(34)30-21-11-9-20(29)10-12-21/h3-14,24-25H,15-16H2,1-2H3,(H,30,34)/t24-,25+/m0/s1. The number of methoxy groups -OCH3 is 1. The number of thioether (sulfide) groups is 1. The fourth-order valence-electron chi connectivity index (χ4n) is 4.21. The van der Waals surface area contributed by atoms with Gasteiger partial charge in [-0.1, -0.05) is 53.7 Å². The first-order valence-electron chi connectivity index (χ1n) is 11.8. The SMILES string of the molecule is COc1ccc([C@@H]2CC(c3ccc(C)cc3)=NN2C2=NC(=O)[C@@H](CC(=O)Nc3ccc(F)cc3)S2)cc1. The predicted octanol–water partition coefficient (Wildman–Crippen LogP) is 5.32. The number of amides is 2. The molecule has 188 valence electrons. The second kappa shape index (κ2) is 10.6. The molecule has 2 amide bonds. The number of nitrogens with one attached hydrogen (secondary N) is 1. The predicted molar refractivity (Wildman–Crippen MR) is 143 cm³/mol. The van der Waals surface area contributed by atoms with E-state index in [9.17, 15) is 14.0 Å². The summed E-state index contributed by atoms with van der Waals surface area (Å²) in [5.74, 6) is -0.351. The van der Waals surface area contributed by atoms with Gasteiger partial charge in [0.1, 0.15) is 16.8 Å². The Kier molecular flexibility index (Phi) is 7.05. The zero-order valence-electron chi connectivity index (χ0n) is 20.3. The monoisotopic (exact) mass is 516 g/mol. The Hall–Kier alpha value is -3.98. The smallest absolute Gasteiger partial charge is 0.262 e. The summed E-state index contributed by atoms with van der Waals surface area (Å²) in [6.45, 7) is 2.04. The molecule has 5 rings (SSSR count). The highest BCUT2D eigenvalue weighted by atomic mass is 32.2. The number of ether oxygens (including phenoxy) is 1. The highest BCUT2D eigenvalue weighted by Gasteiger charge is 2.39. The van der Waals surface area contributed by atoms with Crippen LogP contribution in [0, 0.1) is 12.7 Å². The van der Waals surface area contributed by atoms with E-state index in [-0.39, 0.29) is 30.1 Å². The molecule has 2 heterocycles. The van der Waals surface area contributed by atoms with Gasteiger partial charge in [-0.05, 0) is 54.4 Å². The van der Waals surface area contributed by atoms with Gasteiger partial charge >= 0.3 is 0 Å². The molecule has 0 spiro atoms. The number of rotatable bonds is 6. The summed E-state index contributed by atoms with van der Waals surface area (Å²) < 4.78 is 18.4. The van der Waals surface area contributed by atoms with Crippen molar-refractivity contribution < 1.29 is 18.7 Å². The first kappa shape index (κ1) is 24.7. The minimum Gasteiger partial charge on any atom is -0.497 e. The van der Waals surface area contributed by atoms with Crippen molar-refractivity contribution in [2.24, 2.45) is 10.1 Å². The lowest BCUT2D eigenvalue weighted by Gasteiger charge is -2.23. The lowest BCUT2D eigenvalue weighted by Crippen LogP contribution is -2.25. The third-order valence-corrected chi connectivity index (χ3v) is 7.36. The third kappa shape index (κ3) is 5.56. The number of aryl methyl sites for hydroxylation is 1. The number of halogens is 1. The zero-order valence-corrected chi connectivity index (χ0v) is 21.2. The van der Waals surface area contributed by atoms with Crippen LogP contribution in [0.15, 0.2) is 82.9 Å². The van der Waals surface area contributed by atoms with Gasteiger partial charge in [0.2, 0.25) is 5.91 Å². The van der Waals surface area contributed by atoms with Crippen LogP contribution in [0.2, 0.25) is 0 Å². The van der Waals surface area contributed by atoms with Crippen LogP contribution in [0.1, 0.15) is 35.6 Å². The van der Waals surface area contributed by atoms with Crippen LogP contribution in [-0.2, 0) is 9.59 Å². The summed E-state index contributed by atoms with van der Waals surface area (Å²) in [7, 11) is 1.62. The van der Waals surface area contributed by atoms with Gasteiger partial charge in [-0.2, -0.15) is 10.1 Å². The molecule has 3 aromatic carbocycles. The molecule has 2 aliphatic heterocycles. The van der Waals surface area contributed by atoms with E-state index in [0.717, 1.165) is 28.2 Å². The molecule has 3 aromatic rings. The van der Waals surface area contributed by atoms with Crippen LogP contribution in [0.5, 0.6) is 5.75 Å². The van der Waals surface area contributed by atoms with Gasteiger partial charge in [0.05, 0.1) is 18.9 Å². The first-order valence-corrected chi connectivity index (χ1v) is 12.7. The second-order valence-corrected chi connectivity index (χ2v) is 10.0. The molecule has 0 saturated carbocycles. The number of hydrazone groups is 1. The van der Waals surface area contributed by atoms with Crippen molar-refractivity contribution in [2.45, 2.75) is 31.1 Å². The third-order valence-electron chi connectivity index (χ3n) is 6.22. The maximum absolute atomic E-state index is 13.1. The average Bonchev–Trinajstić information content (AvgIpc) is 3.50. The van der Waals surface area contributed by atoms with Gasteiger partial charge in [0.15, 0.2) is 5.17 Å². The maximum atomic E-state index is 13.1. The topological polar surface area (TPSA) is 83.4 Å². The minimum atomic E-state index is -0.661. The van der Waals surface area contributed by atoms with Gasteiger partial charge in [0, 0.05) is 18.5 Å². The van der Waals surface area contributed by atoms with E-state index in [1.807, 2.05) is 55.5 Å². The number of carbonyl (C=O) groups excluding carboxylic acids is 2. The van der Waals surface area contributed by atoms with Crippen molar-refractivity contribution in [2.75, 3.05) is 12.4 Å². The molecule has 0 unspecified atom stereocenters. The van der Waals surface area contributed by atoms with Gasteiger partial charge in [-0.15, -0.1) is 0 Å². The Morgan fingerprint density at radius 2 is 1.78 bits per heavy atom. The fraction of sp³-hybridized carbons (Fsp3) is 0.214. The fourth-order valence-corrected chi connectivity index (χ4v) is 5.27. The number of carbonyl (C=O) groups is 2. The number of benzene rings is 3. The Labute approximate surface area is 218 Å². The molecular formula is C28H25FN4O3S. The largest absolute Gasteiger partial charge is 0.497 e. The zero-order chi connectivity index (χ0) is 25.9.